The lowest BCUT2D eigenvalue weighted by Gasteiger charge is -2.31. The van der Waals surface area contributed by atoms with Crippen LogP contribution in [0.2, 0.25) is 0 Å². The first kappa shape index (κ1) is 9.87. The fourth-order valence-electron chi connectivity index (χ4n) is 1.86. The summed E-state index contributed by atoms with van der Waals surface area (Å²) in [5.41, 5.74) is 0. The predicted octanol–water partition coefficient (Wildman–Crippen LogP) is 1.50. The van der Waals surface area contributed by atoms with Gasteiger partial charge in [0.25, 0.3) is 0 Å². The summed E-state index contributed by atoms with van der Waals surface area (Å²) in [4.78, 5) is 11.2. The van der Waals surface area contributed by atoms with Crippen molar-refractivity contribution in [2.45, 2.75) is 29.9 Å². The van der Waals surface area contributed by atoms with Crippen molar-refractivity contribution in [3.05, 3.63) is 0 Å². The van der Waals surface area contributed by atoms with E-state index in [0.29, 0.717) is 9.86 Å². The summed E-state index contributed by atoms with van der Waals surface area (Å²) in [6.07, 6.45) is 2.35. The zero-order chi connectivity index (χ0) is 9.31. The topological polar surface area (TPSA) is 29.1 Å². The molecule has 4 heteroatoms. The minimum Gasteiger partial charge on any atom is -0.305 e. The van der Waals surface area contributed by atoms with Crippen molar-refractivity contribution in [2.24, 2.45) is 0 Å². The van der Waals surface area contributed by atoms with Gasteiger partial charge in [-0.25, -0.2) is 0 Å². The monoisotopic (exact) mass is 217 g/mol. The van der Waals surface area contributed by atoms with Crippen molar-refractivity contribution in [3.8, 4) is 0 Å². The Hall–Kier alpha value is 0.330. The van der Waals surface area contributed by atoms with Gasteiger partial charge in [0.05, 0.1) is 10.1 Å². The summed E-state index contributed by atoms with van der Waals surface area (Å²) in [5, 5.41) is 3.33. The lowest BCUT2D eigenvalue weighted by atomic mass is 10.1. The smallest absolute Gasteiger partial charge is 0.146 e. The number of carbonyl (C=O) groups excluding carboxylic acids is 1. The zero-order valence-corrected chi connectivity index (χ0v) is 9.47. The summed E-state index contributed by atoms with van der Waals surface area (Å²) in [5.74, 6) is 2.82. The molecule has 0 aromatic rings. The number of Topliss-reactive ketones (excluding diaryl/α,β-unsaturated/α-hetero) is 1. The number of ketones is 1. The maximum atomic E-state index is 11.2. The van der Waals surface area contributed by atoms with Gasteiger partial charge >= 0.3 is 0 Å². The van der Waals surface area contributed by atoms with Gasteiger partial charge in [0.15, 0.2) is 0 Å². The van der Waals surface area contributed by atoms with E-state index in [2.05, 4.69) is 5.32 Å². The van der Waals surface area contributed by atoms with Gasteiger partial charge < -0.3 is 5.32 Å². The molecule has 13 heavy (non-hydrogen) atoms. The molecule has 2 aliphatic rings. The molecule has 2 aliphatic heterocycles. The third kappa shape index (κ3) is 2.05. The molecule has 0 unspecified atom stereocenters. The van der Waals surface area contributed by atoms with E-state index in [1.54, 1.807) is 6.92 Å². The van der Waals surface area contributed by atoms with E-state index in [1.807, 2.05) is 23.5 Å². The molecular weight excluding hydrogens is 202 g/mol. The van der Waals surface area contributed by atoms with Crippen LogP contribution >= 0.6 is 23.5 Å². The molecule has 2 nitrogen and oxygen atoms in total. The molecule has 1 N–H and O–H groups in total. The van der Waals surface area contributed by atoms with Crippen molar-refractivity contribution < 1.29 is 4.79 Å². The van der Waals surface area contributed by atoms with Crippen LogP contribution < -0.4 is 5.32 Å². The maximum Gasteiger partial charge on any atom is 0.146 e. The molecule has 0 radical (unpaired) electrons. The Kier molecular flexibility index (Phi) is 2.91. The summed E-state index contributed by atoms with van der Waals surface area (Å²) >= 11 is 4.09. The standard InChI is InChI=1S/C9H15NOS2/c1-7(11)8-5-9(6-10-8)12-3-2-4-13-9/h8,10H,2-6H2,1H3/t8-/m0/s1. The molecule has 2 saturated heterocycles. The summed E-state index contributed by atoms with van der Waals surface area (Å²) in [7, 11) is 0. The Bertz CT molecular complexity index is 214. The maximum absolute atomic E-state index is 11.2. The molecule has 2 fully saturated rings. The van der Waals surface area contributed by atoms with Crippen LogP contribution in [-0.2, 0) is 4.79 Å². The average Bonchev–Trinajstić information content (AvgIpc) is 2.51. The number of nitrogens with one attached hydrogen (secondary N) is 1. The molecule has 1 atom stereocenters. The molecule has 0 saturated carbocycles. The first-order valence-corrected chi connectivity index (χ1v) is 6.71. The van der Waals surface area contributed by atoms with Crippen LogP contribution in [0.25, 0.3) is 0 Å². The van der Waals surface area contributed by atoms with Crippen molar-refractivity contribution in [3.63, 3.8) is 0 Å². The first-order valence-electron chi connectivity index (χ1n) is 4.74. The second-order valence-electron chi connectivity index (χ2n) is 3.71. The number of rotatable bonds is 1. The van der Waals surface area contributed by atoms with Crippen molar-refractivity contribution in [2.75, 3.05) is 18.1 Å². The highest BCUT2D eigenvalue weighted by Crippen LogP contribution is 2.47. The Morgan fingerprint density at radius 1 is 1.46 bits per heavy atom. The predicted molar refractivity (Wildman–Crippen MR) is 59.4 cm³/mol. The SMILES string of the molecule is CC(=O)[C@@H]1CC2(CN1)SCCCS2. The van der Waals surface area contributed by atoms with Gasteiger partial charge in [-0.05, 0) is 31.3 Å². The molecule has 74 valence electrons. The molecule has 2 heterocycles. The van der Waals surface area contributed by atoms with Crippen LogP contribution in [0.1, 0.15) is 19.8 Å². The van der Waals surface area contributed by atoms with E-state index in [1.165, 1.54) is 17.9 Å². The molecule has 0 aromatic carbocycles. The molecule has 0 bridgehead atoms. The average molecular weight is 217 g/mol. The van der Waals surface area contributed by atoms with Gasteiger partial charge in [-0.2, -0.15) is 0 Å². The number of hydrogen-bond donors (Lipinski definition) is 1. The normalized spacial score (nSPS) is 32.2. The fraction of sp³-hybridized carbons (Fsp3) is 0.889. The van der Waals surface area contributed by atoms with Gasteiger partial charge in [-0.3, -0.25) is 4.79 Å². The summed E-state index contributed by atoms with van der Waals surface area (Å²) in [6, 6.07) is 0.123. The molecule has 1 spiro atoms. The third-order valence-electron chi connectivity index (χ3n) is 2.64. The molecule has 2 rings (SSSR count). The largest absolute Gasteiger partial charge is 0.305 e. The Labute approximate surface area is 87.6 Å². The molecule has 0 amide bonds. The second-order valence-corrected chi connectivity index (χ2v) is 6.92. The van der Waals surface area contributed by atoms with E-state index >= 15 is 0 Å². The van der Waals surface area contributed by atoms with E-state index in [-0.39, 0.29) is 6.04 Å². The summed E-state index contributed by atoms with van der Waals surface area (Å²) in [6.45, 7) is 2.70. The number of carbonyl (C=O) groups is 1. The zero-order valence-electron chi connectivity index (χ0n) is 7.84. The van der Waals surface area contributed by atoms with Crippen LogP contribution in [0, 0.1) is 0 Å². The molecular formula is C9H15NOS2. The highest BCUT2D eigenvalue weighted by Gasteiger charge is 2.42. The highest BCUT2D eigenvalue weighted by atomic mass is 32.2. The van der Waals surface area contributed by atoms with Gasteiger partial charge in [0, 0.05) is 6.54 Å². The lowest BCUT2D eigenvalue weighted by molar-refractivity contribution is -0.118. The van der Waals surface area contributed by atoms with Crippen molar-refractivity contribution in [1.29, 1.82) is 0 Å². The van der Waals surface area contributed by atoms with Crippen molar-refractivity contribution in [1.82, 2.24) is 5.32 Å². The highest BCUT2D eigenvalue weighted by molar-refractivity contribution is 8.18. The fourth-order valence-corrected chi connectivity index (χ4v) is 5.14. The van der Waals surface area contributed by atoms with Crippen molar-refractivity contribution >= 4 is 29.3 Å². The lowest BCUT2D eigenvalue weighted by Crippen LogP contribution is -2.28. The minimum absolute atomic E-state index is 0.123. The number of thioether (sulfide) groups is 2. The van der Waals surface area contributed by atoms with Crippen LogP contribution in [-0.4, -0.2) is 34.0 Å². The van der Waals surface area contributed by atoms with E-state index < -0.39 is 0 Å². The first-order chi connectivity index (χ1) is 6.22. The second kappa shape index (κ2) is 3.83. The Balaban J connectivity index is 1.98. The molecule has 0 aromatic heterocycles. The minimum atomic E-state index is 0.123. The quantitative estimate of drug-likeness (QED) is 0.721. The van der Waals surface area contributed by atoms with Crippen LogP contribution in [0.4, 0.5) is 0 Å². The molecule has 0 aliphatic carbocycles. The number of hydrogen-bond acceptors (Lipinski definition) is 4. The van der Waals surface area contributed by atoms with Crippen LogP contribution in [0.5, 0.6) is 0 Å². The van der Waals surface area contributed by atoms with Gasteiger partial charge in [-0.15, -0.1) is 23.5 Å². The van der Waals surface area contributed by atoms with E-state index in [4.69, 9.17) is 0 Å². The Morgan fingerprint density at radius 2 is 2.15 bits per heavy atom. The van der Waals surface area contributed by atoms with Gasteiger partial charge in [0.1, 0.15) is 5.78 Å². The van der Waals surface area contributed by atoms with E-state index in [0.717, 1.165) is 13.0 Å². The van der Waals surface area contributed by atoms with Gasteiger partial charge in [-0.1, -0.05) is 0 Å². The summed E-state index contributed by atoms with van der Waals surface area (Å²) < 4.78 is 0.328. The van der Waals surface area contributed by atoms with E-state index in [9.17, 15) is 4.79 Å². The van der Waals surface area contributed by atoms with Crippen LogP contribution in [0.3, 0.4) is 0 Å². The third-order valence-corrected chi connectivity index (χ3v) is 6.01. The van der Waals surface area contributed by atoms with Crippen LogP contribution in [0.15, 0.2) is 0 Å². The van der Waals surface area contributed by atoms with Gasteiger partial charge in [0.2, 0.25) is 0 Å². The Morgan fingerprint density at radius 3 is 2.69 bits per heavy atom.